The summed E-state index contributed by atoms with van der Waals surface area (Å²) in [5, 5.41) is 20.5. The number of H-pyrrole nitrogens is 1. The largest absolute Gasteiger partial charge is 0.388 e. The van der Waals surface area contributed by atoms with Gasteiger partial charge in [0.2, 0.25) is 0 Å². The highest BCUT2D eigenvalue weighted by molar-refractivity contribution is 5.76. The standard InChI is InChI=1S/C19H25N7O2/c1-12(17-21-14-5-3-4-6-15(14)22-17)20-19(28)26-9-7-13(8-10-26)18-24-23-16(11-27)25(18)2/h3-6,12-13,27H,7-11H2,1-2H3,(H,20,28)(H,21,22)/t12-/m0/s1. The molecule has 2 amide bonds. The van der Waals surface area contributed by atoms with Crippen LogP contribution < -0.4 is 5.32 Å². The number of piperidine rings is 1. The summed E-state index contributed by atoms with van der Waals surface area (Å²) in [6.07, 6.45) is 1.65. The number of fused-ring (bicyclic) bond motifs is 1. The van der Waals surface area contributed by atoms with Crippen LogP contribution in [-0.2, 0) is 13.7 Å². The molecular weight excluding hydrogens is 358 g/mol. The minimum absolute atomic E-state index is 0.0829. The number of amides is 2. The predicted molar refractivity (Wildman–Crippen MR) is 104 cm³/mol. The molecule has 9 heteroatoms. The molecule has 28 heavy (non-hydrogen) atoms. The first-order valence-electron chi connectivity index (χ1n) is 9.56. The summed E-state index contributed by atoms with van der Waals surface area (Å²) < 4.78 is 1.85. The van der Waals surface area contributed by atoms with E-state index in [4.69, 9.17) is 0 Å². The summed E-state index contributed by atoms with van der Waals surface area (Å²) in [5.74, 6) is 2.43. The fourth-order valence-corrected chi connectivity index (χ4v) is 3.73. The monoisotopic (exact) mass is 383 g/mol. The van der Waals surface area contributed by atoms with Crippen molar-refractivity contribution in [2.75, 3.05) is 13.1 Å². The molecule has 0 unspecified atom stereocenters. The van der Waals surface area contributed by atoms with E-state index in [0.29, 0.717) is 18.9 Å². The van der Waals surface area contributed by atoms with Crippen LogP contribution in [0.5, 0.6) is 0 Å². The van der Waals surface area contributed by atoms with Crippen molar-refractivity contribution >= 4 is 17.1 Å². The fraction of sp³-hybridized carbons (Fsp3) is 0.474. The van der Waals surface area contributed by atoms with Crippen molar-refractivity contribution in [2.24, 2.45) is 7.05 Å². The van der Waals surface area contributed by atoms with Gasteiger partial charge >= 0.3 is 6.03 Å². The summed E-state index contributed by atoms with van der Waals surface area (Å²) in [6.45, 7) is 3.12. The van der Waals surface area contributed by atoms with Gasteiger partial charge in [-0.2, -0.15) is 0 Å². The number of carbonyl (C=O) groups is 1. The predicted octanol–water partition coefficient (Wildman–Crippen LogP) is 1.83. The van der Waals surface area contributed by atoms with Crippen molar-refractivity contribution in [2.45, 2.75) is 38.3 Å². The molecule has 1 aliphatic rings. The number of aliphatic hydroxyl groups excluding tert-OH is 1. The number of aromatic nitrogens is 5. The van der Waals surface area contributed by atoms with Gasteiger partial charge in [0, 0.05) is 26.1 Å². The minimum atomic E-state index is -0.205. The van der Waals surface area contributed by atoms with Gasteiger partial charge < -0.3 is 24.9 Å². The number of para-hydroxylation sites is 2. The van der Waals surface area contributed by atoms with Crippen molar-refractivity contribution in [1.29, 1.82) is 0 Å². The number of nitrogens with one attached hydrogen (secondary N) is 2. The number of nitrogens with zero attached hydrogens (tertiary/aromatic N) is 5. The van der Waals surface area contributed by atoms with Crippen molar-refractivity contribution in [3.63, 3.8) is 0 Å². The number of imidazole rings is 1. The lowest BCUT2D eigenvalue weighted by Crippen LogP contribution is -2.45. The van der Waals surface area contributed by atoms with E-state index in [1.807, 2.05) is 47.7 Å². The molecule has 0 bridgehead atoms. The number of aliphatic hydroxyl groups is 1. The van der Waals surface area contributed by atoms with Crippen LogP contribution in [0.1, 0.15) is 49.2 Å². The number of rotatable bonds is 4. The molecule has 3 aromatic rings. The molecule has 0 spiro atoms. The number of carbonyl (C=O) groups excluding carboxylic acids is 1. The topological polar surface area (TPSA) is 112 Å². The molecule has 1 fully saturated rings. The molecule has 1 saturated heterocycles. The molecule has 4 rings (SSSR count). The molecule has 148 valence electrons. The Bertz CT molecular complexity index is 939. The van der Waals surface area contributed by atoms with E-state index in [0.717, 1.165) is 35.5 Å². The maximum Gasteiger partial charge on any atom is 0.317 e. The number of hydrogen-bond acceptors (Lipinski definition) is 5. The van der Waals surface area contributed by atoms with Crippen LogP contribution in [0.4, 0.5) is 4.79 Å². The van der Waals surface area contributed by atoms with Crippen LogP contribution in [0.3, 0.4) is 0 Å². The first-order valence-corrected chi connectivity index (χ1v) is 9.56. The number of likely N-dealkylation sites (tertiary alicyclic amines) is 1. The van der Waals surface area contributed by atoms with Crippen LogP contribution in [0.15, 0.2) is 24.3 Å². The number of aromatic amines is 1. The van der Waals surface area contributed by atoms with Gasteiger partial charge in [0.1, 0.15) is 18.3 Å². The molecule has 0 saturated carbocycles. The molecule has 1 aliphatic heterocycles. The van der Waals surface area contributed by atoms with Crippen molar-refractivity contribution in [3.8, 4) is 0 Å². The van der Waals surface area contributed by atoms with Crippen LogP contribution in [0.2, 0.25) is 0 Å². The number of urea groups is 1. The molecular formula is C19H25N7O2. The van der Waals surface area contributed by atoms with Gasteiger partial charge in [-0.1, -0.05) is 12.1 Å². The van der Waals surface area contributed by atoms with Crippen LogP contribution in [-0.4, -0.2) is 53.9 Å². The van der Waals surface area contributed by atoms with Crippen molar-refractivity contribution < 1.29 is 9.90 Å². The zero-order chi connectivity index (χ0) is 19.7. The normalized spacial score (nSPS) is 16.5. The average molecular weight is 383 g/mol. The molecule has 0 radical (unpaired) electrons. The quantitative estimate of drug-likeness (QED) is 0.636. The van der Waals surface area contributed by atoms with Crippen LogP contribution in [0, 0.1) is 0 Å². The lowest BCUT2D eigenvalue weighted by atomic mass is 9.96. The Morgan fingerprint density at radius 2 is 2.07 bits per heavy atom. The lowest BCUT2D eigenvalue weighted by molar-refractivity contribution is 0.176. The second kappa shape index (κ2) is 7.59. The molecule has 9 nitrogen and oxygen atoms in total. The van der Waals surface area contributed by atoms with Gasteiger partial charge in [-0.25, -0.2) is 9.78 Å². The van der Waals surface area contributed by atoms with E-state index in [1.54, 1.807) is 0 Å². The molecule has 3 N–H and O–H groups in total. The summed E-state index contributed by atoms with van der Waals surface area (Å²) >= 11 is 0. The SMILES string of the molecule is C[C@H](NC(=O)N1CCC(c2nnc(CO)n2C)CC1)c1nc2ccccc2[nH]1. The zero-order valence-corrected chi connectivity index (χ0v) is 16.1. The maximum absolute atomic E-state index is 12.7. The average Bonchev–Trinajstić information content (AvgIpc) is 3.31. The second-order valence-electron chi connectivity index (χ2n) is 7.26. The van der Waals surface area contributed by atoms with Crippen molar-refractivity contribution in [1.82, 2.24) is 34.9 Å². The Labute approximate surface area is 162 Å². The van der Waals surface area contributed by atoms with E-state index in [9.17, 15) is 9.90 Å². The highest BCUT2D eigenvalue weighted by Crippen LogP contribution is 2.27. The summed E-state index contributed by atoms with van der Waals surface area (Å²) in [6, 6.07) is 7.53. The third kappa shape index (κ3) is 3.45. The van der Waals surface area contributed by atoms with E-state index < -0.39 is 0 Å². The summed E-state index contributed by atoms with van der Waals surface area (Å²) in [5.41, 5.74) is 1.86. The first kappa shape index (κ1) is 18.4. The highest BCUT2D eigenvalue weighted by Gasteiger charge is 2.28. The third-order valence-corrected chi connectivity index (χ3v) is 5.45. The third-order valence-electron chi connectivity index (χ3n) is 5.45. The Morgan fingerprint density at radius 3 is 2.75 bits per heavy atom. The van der Waals surface area contributed by atoms with Gasteiger partial charge in [-0.05, 0) is 31.9 Å². The summed E-state index contributed by atoms with van der Waals surface area (Å²) in [7, 11) is 1.87. The molecule has 2 aromatic heterocycles. The van der Waals surface area contributed by atoms with Crippen LogP contribution >= 0.6 is 0 Å². The van der Waals surface area contributed by atoms with E-state index in [2.05, 4.69) is 25.5 Å². The maximum atomic E-state index is 12.7. The molecule has 1 aromatic carbocycles. The molecule has 1 atom stereocenters. The van der Waals surface area contributed by atoms with E-state index >= 15 is 0 Å². The van der Waals surface area contributed by atoms with Crippen LogP contribution in [0.25, 0.3) is 11.0 Å². The Morgan fingerprint density at radius 1 is 1.32 bits per heavy atom. The minimum Gasteiger partial charge on any atom is -0.388 e. The first-order chi connectivity index (χ1) is 13.6. The Balaban J connectivity index is 1.35. The van der Waals surface area contributed by atoms with Crippen molar-refractivity contribution in [3.05, 3.63) is 41.7 Å². The van der Waals surface area contributed by atoms with Gasteiger partial charge in [0.15, 0.2) is 5.82 Å². The zero-order valence-electron chi connectivity index (χ0n) is 16.1. The van der Waals surface area contributed by atoms with E-state index in [-0.39, 0.29) is 24.6 Å². The summed E-state index contributed by atoms with van der Waals surface area (Å²) in [4.78, 5) is 22.3. The molecule has 3 heterocycles. The van der Waals surface area contributed by atoms with Gasteiger partial charge in [-0.15, -0.1) is 10.2 Å². The highest BCUT2D eigenvalue weighted by atomic mass is 16.3. The Hall–Kier alpha value is -2.94. The molecule has 0 aliphatic carbocycles. The van der Waals surface area contributed by atoms with E-state index in [1.165, 1.54) is 0 Å². The fourth-order valence-electron chi connectivity index (χ4n) is 3.73. The van der Waals surface area contributed by atoms with Gasteiger partial charge in [0.25, 0.3) is 0 Å². The number of benzene rings is 1. The van der Waals surface area contributed by atoms with Gasteiger partial charge in [0.05, 0.1) is 17.1 Å². The smallest absolute Gasteiger partial charge is 0.317 e. The second-order valence-corrected chi connectivity index (χ2v) is 7.26. The Kier molecular flexibility index (Phi) is 4.99. The van der Waals surface area contributed by atoms with Gasteiger partial charge in [-0.3, -0.25) is 0 Å². The number of hydrogen-bond donors (Lipinski definition) is 3. The lowest BCUT2D eigenvalue weighted by Gasteiger charge is -2.32.